The Labute approximate surface area is 136 Å². The van der Waals surface area contributed by atoms with Gasteiger partial charge < -0.3 is 5.11 Å². The van der Waals surface area contributed by atoms with Gasteiger partial charge in [0.1, 0.15) is 0 Å². The summed E-state index contributed by atoms with van der Waals surface area (Å²) in [5, 5.41) is 15.2. The second-order valence-electron chi connectivity index (χ2n) is 4.93. The van der Waals surface area contributed by atoms with Crippen LogP contribution in [0.25, 0.3) is 10.2 Å². The topological polar surface area (TPSA) is 110 Å². The van der Waals surface area contributed by atoms with Crippen LogP contribution in [-0.2, 0) is 19.6 Å². The minimum absolute atomic E-state index is 0.0529. The van der Waals surface area contributed by atoms with Crippen molar-refractivity contribution < 1.29 is 18.3 Å². The van der Waals surface area contributed by atoms with Gasteiger partial charge in [-0.15, -0.1) is 11.3 Å². The van der Waals surface area contributed by atoms with Crippen molar-refractivity contribution >= 4 is 37.5 Å². The maximum atomic E-state index is 12.3. The van der Waals surface area contributed by atoms with Gasteiger partial charge in [-0.1, -0.05) is 36.4 Å². The summed E-state index contributed by atoms with van der Waals surface area (Å²) in [5.74, 6) is -1.55. The summed E-state index contributed by atoms with van der Waals surface area (Å²) in [6.07, 6.45) is 0. The predicted molar refractivity (Wildman–Crippen MR) is 87.6 cm³/mol. The maximum Gasteiger partial charge on any atom is 0.335 e. The van der Waals surface area contributed by atoms with E-state index in [4.69, 9.17) is 5.14 Å². The van der Waals surface area contributed by atoms with Crippen LogP contribution >= 0.6 is 11.3 Å². The molecule has 3 N–H and O–H groups in total. The van der Waals surface area contributed by atoms with Crippen molar-refractivity contribution in [3.8, 4) is 0 Å². The van der Waals surface area contributed by atoms with Crippen LogP contribution in [0.5, 0.6) is 0 Å². The van der Waals surface area contributed by atoms with E-state index < -0.39 is 20.7 Å². The number of nitrogens with zero attached hydrogens (tertiary/aromatic N) is 1. The van der Waals surface area contributed by atoms with Gasteiger partial charge in [-0.3, -0.25) is 0 Å². The number of aromatic nitrogens is 1. The molecule has 0 amide bonds. The molecular weight excluding hydrogens is 336 g/mol. The summed E-state index contributed by atoms with van der Waals surface area (Å²) in [4.78, 5) is 16.2. The smallest absolute Gasteiger partial charge is 0.335 e. The van der Waals surface area contributed by atoms with Crippen LogP contribution in [0.15, 0.2) is 54.0 Å². The molecule has 1 aromatic heterocycles. The van der Waals surface area contributed by atoms with Gasteiger partial charge in [0.2, 0.25) is 14.8 Å². The Balaban J connectivity index is 2.42. The van der Waals surface area contributed by atoms with Crippen LogP contribution in [0, 0.1) is 0 Å². The van der Waals surface area contributed by atoms with Gasteiger partial charge >= 0.3 is 5.97 Å². The molecule has 0 saturated heterocycles. The fourth-order valence-corrected chi connectivity index (χ4v) is 4.44. The third kappa shape index (κ3) is 2.31. The fraction of sp³-hybridized carbons (Fsp3) is 0.0667. The van der Waals surface area contributed by atoms with Gasteiger partial charge in [0.25, 0.3) is 0 Å². The number of carbonyl (C=O) groups is 1. The van der Waals surface area contributed by atoms with Gasteiger partial charge in [-0.25, -0.2) is 23.3 Å². The number of nitrogens with two attached hydrogens (primary N) is 1. The molecule has 118 valence electrons. The van der Waals surface area contributed by atoms with Gasteiger partial charge in [0.05, 0.1) is 15.7 Å². The molecule has 0 aliphatic heterocycles. The van der Waals surface area contributed by atoms with Gasteiger partial charge in [0, 0.05) is 0 Å². The van der Waals surface area contributed by atoms with Crippen molar-refractivity contribution in [1.82, 2.24) is 4.98 Å². The number of aliphatic carboxylic acids is 1. The van der Waals surface area contributed by atoms with Crippen molar-refractivity contribution in [2.45, 2.75) is 4.75 Å². The summed E-state index contributed by atoms with van der Waals surface area (Å²) >= 11 is 1.38. The third-order valence-electron chi connectivity index (χ3n) is 3.65. The highest BCUT2D eigenvalue weighted by molar-refractivity contribution is 7.91. The highest BCUT2D eigenvalue weighted by Crippen LogP contribution is 2.38. The second-order valence-corrected chi connectivity index (χ2v) is 7.52. The molecule has 23 heavy (non-hydrogen) atoms. The fourth-order valence-electron chi connectivity index (χ4n) is 2.61. The molecule has 0 saturated carbocycles. The average Bonchev–Trinajstić information content (AvgIpc) is 2.95. The molecule has 1 unspecified atom stereocenters. The monoisotopic (exact) mass is 348 g/mol. The SMILES string of the molecule is NS(=O)(=O)C(C(=O)O)(c1ccccc1)c1ccc2scnc2c1. The van der Waals surface area contributed by atoms with Crippen molar-refractivity contribution in [1.29, 1.82) is 0 Å². The van der Waals surface area contributed by atoms with Crippen molar-refractivity contribution in [2.75, 3.05) is 0 Å². The minimum Gasteiger partial charge on any atom is -0.480 e. The van der Waals surface area contributed by atoms with Gasteiger partial charge in [-0.2, -0.15) is 0 Å². The van der Waals surface area contributed by atoms with Crippen LogP contribution < -0.4 is 5.14 Å². The van der Waals surface area contributed by atoms with Crippen LogP contribution in [-0.4, -0.2) is 24.5 Å². The number of sulfonamides is 1. The van der Waals surface area contributed by atoms with E-state index in [1.807, 2.05) is 0 Å². The lowest BCUT2D eigenvalue weighted by molar-refractivity contribution is -0.139. The Hall–Kier alpha value is -2.29. The molecule has 3 rings (SSSR count). The number of carboxylic acids is 1. The zero-order valence-electron chi connectivity index (χ0n) is 11.7. The lowest BCUT2D eigenvalue weighted by Crippen LogP contribution is -2.48. The second kappa shape index (κ2) is 5.41. The maximum absolute atomic E-state index is 12.3. The normalized spacial score (nSPS) is 14.5. The molecule has 0 aliphatic rings. The van der Waals surface area contributed by atoms with Crippen LogP contribution in [0.4, 0.5) is 0 Å². The molecule has 0 bridgehead atoms. The zero-order chi connectivity index (χ0) is 16.7. The molecular formula is C15H12N2O4S2. The highest BCUT2D eigenvalue weighted by Gasteiger charge is 2.52. The molecule has 1 heterocycles. The zero-order valence-corrected chi connectivity index (χ0v) is 13.3. The average molecular weight is 348 g/mol. The minimum atomic E-state index is -4.51. The van der Waals surface area contributed by atoms with Crippen molar-refractivity contribution in [3.63, 3.8) is 0 Å². The number of fused-ring (bicyclic) bond motifs is 1. The largest absolute Gasteiger partial charge is 0.480 e. The first-order valence-corrected chi connectivity index (χ1v) is 8.95. The van der Waals surface area contributed by atoms with E-state index in [9.17, 15) is 18.3 Å². The molecule has 3 aromatic rings. The predicted octanol–water partition coefficient (Wildman–Crippen LogP) is 1.91. The van der Waals surface area contributed by atoms with E-state index in [2.05, 4.69) is 4.98 Å². The Morgan fingerprint density at radius 2 is 1.83 bits per heavy atom. The summed E-state index contributed by atoms with van der Waals surface area (Å²) in [5.41, 5.74) is 2.26. The number of thiazole rings is 1. The lowest BCUT2D eigenvalue weighted by atomic mass is 9.90. The Bertz CT molecular complexity index is 983. The highest BCUT2D eigenvalue weighted by atomic mass is 32.2. The lowest BCUT2D eigenvalue weighted by Gasteiger charge is -2.28. The first-order valence-electron chi connectivity index (χ1n) is 6.52. The number of primary sulfonamides is 1. The number of rotatable bonds is 4. The summed E-state index contributed by atoms with van der Waals surface area (Å²) in [7, 11) is -4.51. The Morgan fingerprint density at radius 1 is 1.13 bits per heavy atom. The van der Waals surface area contributed by atoms with E-state index in [0.29, 0.717) is 5.52 Å². The first kappa shape index (κ1) is 15.6. The van der Waals surface area contributed by atoms with E-state index in [1.165, 1.54) is 35.6 Å². The Kier molecular flexibility index (Phi) is 3.67. The number of carboxylic acid groups (broad SMARTS) is 1. The van der Waals surface area contributed by atoms with Crippen LogP contribution in [0.3, 0.4) is 0 Å². The molecule has 6 nitrogen and oxygen atoms in total. The summed E-state index contributed by atoms with van der Waals surface area (Å²) in [6.45, 7) is 0. The van der Waals surface area contributed by atoms with E-state index in [-0.39, 0.29) is 11.1 Å². The number of benzene rings is 2. The molecule has 0 fully saturated rings. The standard InChI is InChI=1S/C15H12N2O4S2/c16-23(20,21)15(14(18)19,10-4-2-1-3-5-10)11-6-7-13-12(8-11)17-9-22-13/h1-9H,(H,18,19)(H2,16,20,21). The van der Waals surface area contributed by atoms with Gasteiger partial charge in [-0.05, 0) is 23.3 Å². The molecule has 0 radical (unpaired) electrons. The molecule has 0 spiro atoms. The third-order valence-corrected chi connectivity index (χ3v) is 5.95. The quantitative estimate of drug-likeness (QED) is 0.748. The van der Waals surface area contributed by atoms with E-state index in [0.717, 1.165) is 4.70 Å². The Morgan fingerprint density at radius 3 is 2.43 bits per heavy atom. The summed E-state index contributed by atoms with van der Waals surface area (Å²) < 4.78 is 23.1. The van der Waals surface area contributed by atoms with Crippen LogP contribution in [0.2, 0.25) is 0 Å². The molecule has 0 aliphatic carbocycles. The number of hydrogen-bond acceptors (Lipinski definition) is 5. The first-order chi connectivity index (χ1) is 10.9. The van der Waals surface area contributed by atoms with E-state index >= 15 is 0 Å². The molecule has 2 aromatic carbocycles. The van der Waals surface area contributed by atoms with Crippen molar-refractivity contribution in [3.05, 3.63) is 65.2 Å². The number of hydrogen-bond donors (Lipinski definition) is 2. The molecule has 8 heteroatoms. The van der Waals surface area contributed by atoms with E-state index in [1.54, 1.807) is 29.8 Å². The summed E-state index contributed by atoms with van der Waals surface area (Å²) in [6, 6.07) is 12.2. The van der Waals surface area contributed by atoms with Crippen molar-refractivity contribution in [2.24, 2.45) is 5.14 Å². The van der Waals surface area contributed by atoms with Gasteiger partial charge in [0.15, 0.2) is 0 Å². The molecule has 1 atom stereocenters. The van der Waals surface area contributed by atoms with Crippen LogP contribution in [0.1, 0.15) is 11.1 Å².